The van der Waals surface area contributed by atoms with Crippen molar-refractivity contribution in [2.24, 2.45) is 0 Å². The van der Waals surface area contributed by atoms with Crippen LogP contribution in [0.3, 0.4) is 0 Å². The number of carbonyl (C=O) groups is 1. The van der Waals surface area contributed by atoms with Gasteiger partial charge in [-0.05, 0) is 37.1 Å². The van der Waals surface area contributed by atoms with Gasteiger partial charge in [-0.2, -0.15) is 0 Å². The summed E-state index contributed by atoms with van der Waals surface area (Å²) in [5.41, 5.74) is 1.27. The summed E-state index contributed by atoms with van der Waals surface area (Å²) in [6.45, 7) is 0.204. The summed E-state index contributed by atoms with van der Waals surface area (Å²) in [7, 11) is 0. The molecule has 0 aliphatic heterocycles. The Balaban J connectivity index is 1.36. The summed E-state index contributed by atoms with van der Waals surface area (Å²) < 4.78 is 11.4. The van der Waals surface area contributed by atoms with Gasteiger partial charge in [0.15, 0.2) is 6.61 Å². The van der Waals surface area contributed by atoms with Gasteiger partial charge in [-0.15, -0.1) is 10.2 Å². The Morgan fingerprint density at radius 3 is 2.73 bits per heavy atom. The van der Waals surface area contributed by atoms with Crippen LogP contribution in [0, 0.1) is 0 Å². The lowest BCUT2D eigenvalue weighted by Crippen LogP contribution is -2.11. The Bertz CT molecular complexity index is 888. The first kappa shape index (κ1) is 16.3. The maximum atomic E-state index is 12.2. The predicted octanol–water partition coefficient (Wildman–Crippen LogP) is 4.17. The van der Waals surface area contributed by atoms with Crippen molar-refractivity contribution in [1.29, 1.82) is 0 Å². The molecule has 1 aromatic heterocycles. The van der Waals surface area contributed by atoms with Gasteiger partial charge < -0.3 is 14.5 Å². The van der Waals surface area contributed by atoms with E-state index in [1.807, 2.05) is 36.4 Å². The normalized spacial score (nSPS) is 13.8. The SMILES string of the molecule is O=C(Nc1cccc(OCc2nnc(C3CCC3)o2)c1)c1ccccc1. The average molecular weight is 349 g/mol. The average Bonchev–Trinajstić information content (AvgIpc) is 3.08. The Morgan fingerprint density at radius 1 is 1.12 bits per heavy atom. The second-order valence-corrected chi connectivity index (χ2v) is 6.30. The second-order valence-electron chi connectivity index (χ2n) is 6.30. The molecule has 1 heterocycles. The van der Waals surface area contributed by atoms with Crippen molar-refractivity contribution in [2.75, 3.05) is 5.32 Å². The molecule has 1 aliphatic carbocycles. The van der Waals surface area contributed by atoms with Crippen LogP contribution < -0.4 is 10.1 Å². The van der Waals surface area contributed by atoms with Crippen LogP contribution in [-0.2, 0) is 6.61 Å². The van der Waals surface area contributed by atoms with E-state index in [1.54, 1.807) is 18.2 Å². The first-order valence-electron chi connectivity index (χ1n) is 8.69. The van der Waals surface area contributed by atoms with Gasteiger partial charge in [-0.25, -0.2) is 0 Å². The van der Waals surface area contributed by atoms with Crippen molar-refractivity contribution < 1.29 is 13.9 Å². The largest absolute Gasteiger partial charge is 0.484 e. The fraction of sp³-hybridized carbons (Fsp3) is 0.250. The van der Waals surface area contributed by atoms with Crippen molar-refractivity contribution in [2.45, 2.75) is 31.8 Å². The van der Waals surface area contributed by atoms with Crippen LogP contribution >= 0.6 is 0 Å². The fourth-order valence-electron chi connectivity index (χ4n) is 2.75. The van der Waals surface area contributed by atoms with E-state index in [2.05, 4.69) is 15.5 Å². The lowest BCUT2D eigenvalue weighted by atomic mass is 9.85. The number of aromatic nitrogens is 2. The maximum absolute atomic E-state index is 12.2. The molecule has 26 heavy (non-hydrogen) atoms. The molecule has 6 heteroatoms. The molecule has 1 fully saturated rings. The van der Waals surface area contributed by atoms with Gasteiger partial charge in [0, 0.05) is 23.2 Å². The van der Waals surface area contributed by atoms with Crippen LogP contribution in [0.5, 0.6) is 5.75 Å². The highest BCUT2D eigenvalue weighted by Gasteiger charge is 2.25. The molecule has 1 amide bonds. The van der Waals surface area contributed by atoms with Gasteiger partial charge in [0.2, 0.25) is 5.89 Å². The number of anilines is 1. The van der Waals surface area contributed by atoms with Crippen LogP contribution in [0.1, 0.15) is 47.3 Å². The lowest BCUT2D eigenvalue weighted by molar-refractivity contribution is 0.102. The van der Waals surface area contributed by atoms with Crippen LogP contribution in [0.15, 0.2) is 59.0 Å². The number of carbonyl (C=O) groups excluding carboxylic acids is 1. The summed E-state index contributed by atoms with van der Waals surface area (Å²) in [5.74, 6) is 2.04. The molecule has 1 aliphatic rings. The minimum Gasteiger partial charge on any atom is -0.484 e. The summed E-state index contributed by atoms with van der Waals surface area (Å²) in [6.07, 6.45) is 3.46. The van der Waals surface area contributed by atoms with Gasteiger partial charge in [0.25, 0.3) is 11.8 Å². The number of benzene rings is 2. The molecule has 3 aromatic rings. The molecule has 0 bridgehead atoms. The Labute approximate surface area is 151 Å². The lowest BCUT2D eigenvalue weighted by Gasteiger charge is -2.20. The quantitative estimate of drug-likeness (QED) is 0.723. The summed E-state index contributed by atoms with van der Waals surface area (Å²) in [6, 6.07) is 16.3. The molecular formula is C20H19N3O3. The summed E-state index contributed by atoms with van der Waals surface area (Å²) >= 11 is 0. The highest BCUT2D eigenvalue weighted by atomic mass is 16.5. The molecule has 2 aromatic carbocycles. The predicted molar refractivity (Wildman–Crippen MR) is 96.1 cm³/mol. The molecule has 0 saturated heterocycles. The summed E-state index contributed by atoms with van der Waals surface area (Å²) in [5, 5.41) is 11.0. The zero-order chi connectivity index (χ0) is 17.8. The van der Waals surface area contributed by atoms with Crippen LogP contribution in [0.25, 0.3) is 0 Å². The Hall–Kier alpha value is -3.15. The standard InChI is InChI=1S/C20H19N3O3/c24-19(14-6-2-1-3-7-14)21-16-10-5-11-17(12-16)25-13-18-22-23-20(26-18)15-8-4-9-15/h1-3,5-7,10-12,15H,4,8-9,13H2,(H,21,24). The Kier molecular flexibility index (Phi) is 4.64. The van der Waals surface area contributed by atoms with Crippen molar-refractivity contribution in [3.05, 3.63) is 71.9 Å². The number of nitrogens with zero attached hydrogens (tertiary/aromatic N) is 2. The molecule has 1 saturated carbocycles. The van der Waals surface area contributed by atoms with E-state index in [4.69, 9.17) is 9.15 Å². The smallest absolute Gasteiger partial charge is 0.255 e. The van der Waals surface area contributed by atoms with E-state index < -0.39 is 0 Å². The Morgan fingerprint density at radius 2 is 1.96 bits per heavy atom. The maximum Gasteiger partial charge on any atom is 0.255 e. The van der Waals surface area contributed by atoms with E-state index in [0.29, 0.717) is 34.7 Å². The third kappa shape index (κ3) is 3.74. The number of rotatable bonds is 6. The highest BCUT2D eigenvalue weighted by Crippen LogP contribution is 2.35. The van der Waals surface area contributed by atoms with Gasteiger partial charge in [0.05, 0.1) is 0 Å². The van der Waals surface area contributed by atoms with Gasteiger partial charge in [-0.1, -0.05) is 30.7 Å². The zero-order valence-corrected chi connectivity index (χ0v) is 14.2. The minimum atomic E-state index is -0.162. The van der Waals surface area contributed by atoms with E-state index in [1.165, 1.54) is 6.42 Å². The number of ether oxygens (including phenoxy) is 1. The fourth-order valence-corrected chi connectivity index (χ4v) is 2.75. The van der Waals surface area contributed by atoms with Crippen molar-refractivity contribution >= 4 is 11.6 Å². The molecular weight excluding hydrogens is 330 g/mol. The number of nitrogens with one attached hydrogen (secondary N) is 1. The third-order valence-corrected chi connectivity index (χ3v) is 4.43. The zero-order valence-electron chi connectivity index (χ0n) is 14.2. The number of amides is 1. The van der Waals surface area contributed by atoms with Gasteiger partial charge >= 0.3 is 0 Å². The number of hydrogen-bond donors (Lipinski definition) is 1. The molecule has 4 rings (SSSR count). The molecule has 0 atom stereocenters. The van der Waals surface area contributed by atoms with E-state index in [0.717, 1.165) is 12.8 Å². The first-order chi connectivity index (χ1) is 12.8. The van der Waals surface area contributed by atoms with E-state index >= 15 is 0 Å². The van der Waals surface area contributed by atoms with Crippen molar-refractivity contribution in [3.8, 4) is 5.75 Å². The molecule has 1 N–H and O–H groups in total. The molecule has 6 nitrogen and oxygen atoms in total. The molecule has 0 radical (unpaired) electrons. The molecule has 0 spiro atoms. The summed E-state index contributed by atoms with van der Waals surface area (Å²) in [4.78, 5) is 12.2. The molecule has 132 valence electrons. The van der Waals surface area contributed by atoms with Gasteiger partial charge in [0.1, 0.15) is 5.75 Å². The van der Waals surface area contributed by atoms with Crippen LogP contribution in [0.2, 0.25) is 0 Å². The first-order valence-corrected chi connectivity index (χ1v) is 8.69. The number of hydrogen-bond acceptors (Lipinski definition) is 5. The monoisotopic (exact) mass is 349 g/mol. The minimum absolute atomic E-state index is 0.162. The van der Waals surface area contributed by atoms with Crippen LogP contribution in [0.4, 0.5) is 5.69 Å². The second kappa shape index (κ2) is 7.39. The van der Waals surface area contributed by atoms with E-state index in [-0.39, 0.29) is 12.5 Å². The topological polar surface area (TPSA) is 77.2 Å². The molecule has 0 unspecified atom stereocenters. The third-order valence-electron chi connectivity index (χ3n) is 4.43. The van der Waals surface area contributed by atoms with Crippen LogP contribution in [-0.4, -0.2) is 16.1 Å². The highest BCUT2D eigenvalue weighted by molar-refractivity contribution is 6.04. The van der Waals surface area contributed by atoms with Crippen molar-refractivity contribution in [1.82, 2.24) is 10.2 Å². The van der Waals surface area contributed by atoms with E-state index in [9.17, 15) is 4.79 Å². The van der Waals surface area contributed by atoms with Gasteiger partial charge in [-0.3, -0.25) is 4.79 Å². The van der Waals surface area contributed by atoms with Crippen molar-refractivity contribution in [3.63, 3.8) is 0 Å².